The van der Waals surface area contributed by atoms with E-state index in [2.05, 4.69) is 32.3 Å². The number of aromatic nitrogens is 1. The van der Waals surface area contributed by atoms with E-state index in [4.69, 9.17) is 0 Å². The zero-order valence-electron chi connectivity index (χ0n) is 12.4. The van der Waals surface area contributed by atoms with E-state index in [1.54, 1.807) is 11.3 Å². The second-order valence-corrected chi connectivity index (χ2v) is 7.88. The normalized spacial score (nSPS) is 15.5. The van der Waals surface area contributed by atoms with Gasteiger partial charge in [0.1, 0.15) is 5.01 Å². The highest BCUT2D eigenvalue weighted by atomic mass is 79.9. The van der Waals surface area contributed by atoms with Crippen LogP contribution in [0.15, 0.2) is 53.0 Å². The van der Waals surface area contributed by atoms with Gasteiger partial charge >= 0.3 is 0 Å². The van der Waals surface area contributed by atoms with Crippen LogP contribution in [-0.4, -0.2) is 10.9 Å². The van der Waals surface area contributed by atoms with E-state index in [-0.39, 0.29) is 11.3 Å². The van der Waals surface area contributed by atoms with E-state index in [1.165, 1.54) is 0 Å². The lowest BCUT2D eigenvalue weighted by Crippen LogP contribution is -2.34. The third-order valence-electron chi connectivity index (χ3n) is 4.30. The van der Waals surface area contributed by atoms with E-state index in [1.807, 2.05) is 42.5 Å². The van der Waals surface area contributed by atoms with Crippen LogP contribution in [0.2, 0.25) is 0 Å². The Kier molecular flexibility index (Phi) is 3.70. The van der Waals surface area contributed by atoms with Gasteiger partial charge in [0.25, 0.3) is 0 Å². The second-order valence-electron chi connectivity index (χ2n) is 5.85. The molecule has 0 bridgehead atoms. The first kappa shape index (κ1) is 14.8. The summed E-state index contributed by atoms with van der Waals surface area (Å²) in [5.74, 6) is 0.106. The lowest BCUT2D eigenvalue weighted by Gasteiger charge is -2.15. The van der Waals surface area contributed by atoms with Crippen molar-refractivity contribution in [3.05, 3.63) is 63.6 Å². The first-order chi connectivity index (χ1) is 11.2. The molecule has 23 heavy (non-hydrogen) atoms. The number of benzene rings is 2. The Hall–Kier alpha value is -1.72. The molecule has 0 spiro atoms. The summed E-state index contributed by atoms with van der Waals surface area (Å²) in [5.41, 5.74) is 1.74. The van der Waals surface area contributed by atoms with E-state index >= 15 is 0 Å². The van der Waals surface area contributed by atoms with Crippen molar-refractivity contribution in [3.8, 4) is 0 Å². The molecule has 3 aromatic rings. The fourth-order valence-corrected chi connectivity index (χ4v) is 4.18. The van der Waals surface area contributed by atoms with Gasteiger partial charge in [-0.05, 0) is 42.7 Å². The molecule has 4 rings (SSSR count). The van der Waals surface area contributed by atoms with Crippen molar-refractivity contribution >= 4 is 43.4 Å². The quantitative estimate of drug-likeness (QED) is 0.721. The number of nitrogens with zero attached hydrogens (tertiary/aromatic N) is 1. The minimum Gasteiger partial charge on any atom is -0.349 e. The number of thiazole rings is 1. The molecule has 0 saturated heterocycles. The van der Waals surface area contributed by atoms with E-state index in [9.17, 15) is 4.79 Å². The number of amides is 1. The molecule has 1 saturated carbocycles. The Morgan fingerprint density at radius 2 is 2.04 bits per heavy atom. The Labute approximate surface area is 146 Å². The molecule has 116 valence electrons. The fourth-order valence-electron chi connectivity index (χ4n) is 2.88. The number of hydrogen-bond acceptors (Lipinski definition) is 3. The highest BCUT2D eigenvalue weighted by molar-refractivity contribution is 9.10. The summed E-state index contributed by atoms with van der Waals surface area (Å²) in [6, 6.07) is 16.1. The molecule has 3 nitrogen and oxygen atoms in total. The molecule has 1 fully saturated rings. The summed E-state index contributed by atoms with van der Waals surface area (Å²) in [4.78, 5) is 17.2. The molecule has 1 aliphatic carbocycles. The fraction of sp³-hybridized carbons (Fsp3) is 0.222. The first-order valence-electron chi connectivity index (χ1n) is 7.56. The summed E-state index contributed by atoms with van der Waals surface area (Å²) in [6.45, 7) is 0.494. The molecule has 2 aromatic carbocycles. The Balaban J connectivity index is 1.49. The van der Waals surface area contributed by atoms with E-state index < -0.39 is 0 Å². The molecule has 0 unspecified atom stereocenters. The number of carbonyl (C=O) groups excluding carboxylic acids is 1. The maximum atomic E-state index is 12.7. The number of carbonyl (C=O) groups is 1. The van der Waals surface area contributed by atoms with Gasteiger partial charge in [-0.1, -0.05) is 40.2 Å². The van der Waals surface area contributed by atoms with Gasteiger partial charge in [0, 0.05) is 4.47 Å². The number of fused-ring (bicyclic) bond motifs is 1. The van der Waals surface area contributed by atoms with Crippen molar-refractivity contribution in [2.24, 2.45) is 0 Å². The maximum absolute atomic E-state index is 12.7. The highest BCUT2D eigenvalue weighted by Gasteiger charge is 2.51. The average molecular weight is 387 g/mol. The highest BCUT2D eigenvalue weighted by Crippen LogP contribution is 2.48. The molecule has 1 amide bonds. The van der Waals surface area contributed by atoms with Gasteiger partial charge in [-0.25, -0.2) is 4.98 Å². The molecular weight excluding hydrogens is 372 g/mol. The average Bonchev–Trinajstić information content (AvgIpc) is 3.26. The van der Waals surface area contributed by atoms with Gasteiger partial charge < -0.3 is 5.32 Å². The van der Waals surface area contributed by atoms with Crippen molar-refractivity contribution < 1.29 is 4.79 Å². The largest absolute Gasteiger partial charge is 0.349 e. The Morgan fingerprint density at radius 3 is 2.78 bits per heavy atom. The molecule has 1 heterocycles. The Bertz CT molecular complexity index is 852. The lowest BCUT2D eigenvalue weighted by atomic mass is 9.95. The van der Waals surface area contributed by atoms with Gasteiger partial charge in [-0.3, -0.25) is 4.79 Å². The van der Waals surface area contributed by atoms with Crippen molar-refractivity contribution in [3.63, 3.8) is 0 Å². The monoisotopic (exact) mass is 386 g/mol. The zero-order valence-corrected chi connectivity index (χ0v) is 14.8. The van der Waals surface area contributed by atoms with Gasteiger partial charge in [0.05, 0.1) is 22.2 Å². The van der Waals surface area contributed by atoms with Crippen molar-refractivity contribution in [1.29, 1.82) is 0 Å². The number of hydrogen-bond donors (Lipinski definition) is 1. The molecule has 1 aromatic heterocycles. The summed E-state index contributed by atoms with van der Waals surface area (Å²) in [6.07, 6.45) is 1.82. The van der Waals surface area contributed by atoms with E-state index in [0.717, 1.165) is 38.1 Å². The van der Waals surface area contributed by atoms with Crippen LogP contribution in [0.25, 0.3) is 10.2 Å². The van der Waals surface area contributed by atoms with Gasteiger partial charge in [-0.2, -0.15) is 0 Å². The summed E-state index contributed by atoms with van der Waals surface area (Å²) in [5, 5.41) is 4.02. The summed E-state index contributed by atoms with van der Waals surface area (Å²) >= 11 is 5.12. The van der Waals surface area contributed by atoms with Crippen LogP contribution in [-0.2, 0) is 16.8 Å². The first-order valence-corrected chi connectivity index (χ1v) is 9.17. The number of rotatable bonds is 4. The molecule has 1 aliphatic rings. The van der Waals surface area contributed by atoms with Gasteiger partial charge in [0.2, 0.25) is 5.91 Å². The summed E-state index contributed by atoms with van der Waals surface area (Å²) in [7, 11) is 0. The number of para-hydroxylation sites is 1. The topological polar surface area (TPSA) is 42.0 Å². The maximum Gasteiger partial charge on any atom is 0.231 e. The van der Waals surface area contributed by atoms with Crippen LogP contribution < -0.4 is 5.32 Å². The van der Waals surface area contributed by atoms with Crippen molar-refractivity contribution in [2.75, 3.05) is 0 Å². The van der Waals surface area contributed by atoms with Gasteiger partial charge in [-0.15, -0.1) is 11.3 Å². The predicted molar refractivity (Wildman–Crippen MR) is 96.5 cm³/mol. The van der Waals surface area contributed by atoms with E-state index in [0.29, 0.717) is 6.54 Å². The molecule has 0 radical (unpaired) electrons. The van der Waals surface area contributed by atoms with Crippen LogP contribution in [0.1, 0.15) is 23.4 Å². The molecule has 0 aliphatic heterocycles. The SMILES string of the molecule is O=C(NCc1nc2ccccc2s1)C1(c2cccc(Br)c2)CC1. The standard InChI is InChI=1S/C18H15BrN2OS/c19-13-5-3-4-12(10-13)18(8-9-18)17(22)20-11-16-21-14-6-1-2-7-15(14)23-16/h1-7,10H,8-9,11H2,(H,20,22). The van der Waals surface area contributed by atoms with Crippen LogP contribution in [0.3, 0.4) is 0 Å². The second kappa shape index (κ2) is 5.73. The molecule has 5 heteroatoms. The third kappa shape index (κ3) is 2.79. The van der Waals surface area contributed by atoms with Crippen LogP contribution in [0.5, 0.6) is 0 Å². The zero-order chi connectivity index (χ0) is 15.9. The van der Waals surface area contributed by atoms with Crippen LogP contribution in [0.4, 0.5) is 0 Å². The molecular formula is C18H15BrN2OS. The molecule has 0 atom stereocenters. The van der Waals surface area contributed by atoms with Crippen LogP contribution in [0, 0.1) is 0 Å². The van der Waals surface area contributed by atoms with Crippen molar-refractivity contribution in [2.45, 2.75) is 24.8 Å². The smallest absolute Gasteiger partial charge is 0.231 e. The Morgan fingerprint density at radius 1 is 1.22 bits per heavy atom. The van der Waals surface area contributed by atoms with Crippen LogP contribution >= 0.6 is 27.3 Å². The predicted octanol–water partition coefficient (Wildman–Crippen LogP) is 4.41. The molecule has 1 N–H and O–H groups in total. The number of nitrogens with one attached hydrogen (secondary N) is 1. The van der Waals surface area contributed by atoms with Gasteiger partial charge in [0.15, 0.2) is 0 Å². The lowest BCUT2D eigenvalue weighted by molar-refractivity contribution is -0.123. The third-order valence-corrected chi connectivity index (χ3v) is 5.83. The minimum absolute atomic E-state index is 0.106. The summed E-state index contributed by atoms with van der Waals surface area (Å²) < 4.78 is 2.17. The number of halogens is 1. The minimum atomic E-state index is -0.347. The van der Waals surface area contributed by atoms with Crippen molar-refractivity contribution in [1.82, 2.24) is 10.3 Å².